The predicted octanol–water partition coefficient (Wildman–Crippen LogP) is 1.72. The molecule has 0 aromatic heterocycles. The van der Waals surface area contributed by atoms with Crippen molar-refractivity contribution in [3.05, 3.63) is 27.7 Å². The molecular weight excluding hydrogens is 339 g/mol. The number of benzene rings is 1. The third kappa shape index (κ3) is 3.87. The Morgan fingerprint density at radius 2 is 1.90 bits per heavy atom. The fourth-order valence-corrected chi connectivity index (χ4v) is 4.35. The molecule has 0 spiro atoms. The second kappa shape index (κ2) is 6.50. The van der Waals surface area contributed by atoms with Gasteiger partial charge in [-0.3, -0.25) is 0 Å². The van der Waals surface area contributed by atoms with Crippen LogP contribution in [0, 0.1) is 0 Å². The van der Waals surface area contributed by atoms with Gasteiger partial charge in [0, 0.05) is 11.1 Å². The van der Waals surface area contributed by atoms with Crippen LogP contribution in [0.3, 0.4) is 0 Å². The Hall–Kier alpha value is -0.860. The van der Waals surface area contributed by atoms with Gasteiger partial charge < -0.3 is 10.4 Å². The van der Waals surface area contributed by atoms with Crippen molar-refractivity contribution < 1.29 is 18.3 Å². The van der Waals surface area contributed by atoms with Crippen LogP contribution in [0.2, 0.25) is 10.0 Å². The van der Waals surface area contributed by atoms with Crippen LogP contribution in [0.4, 0.5) is 0 Å². The number of halogens is 2. The average molecular weight is 353 g/mol. The maximum Gasteiger partial charge on any atom is 0.337 e. The predicted molar refractivity (Wildman–Crippen MR) is 79.6 cm³/mol. The largest absolute Gasteiger partial charge is 0.478 e. The molecule has 1 heterocycles. The monoisotopic (exact) mass is 352 g/mol. The first kappa shape index (κ1) is 16.5. The molecule has 0 radical (unpaired) electrons. The lowest BCUT2D eigenvalue weighted by molar-refractivity contribution is 0.0697. The minimum atomic E-state index is -3.93. The molecular formula is C12H14Cl2N2O4S. The smallest absolute Gasteiger partial charge is 0.337 e. The topological polar surface area (TPSA) is 95.5 Å². The molecule has 21 heavy (non-hydrogen) atoms. The Balaban J connectivity index is 2.37. The first-order valence-electron chi connectivity index (χ1n) is 6.26. The lowest BCUT2D eigenvalue weighted by atomic mass is 10.1. The molecule has 0 bridgehead atoms. The normalized spacial score (nSPS) is 16.9. The van der Waals surface area contributed by atoms with Gasteiger partial charge in [0.1, 0.15) is 4.90 Å². The fourth-order valence-electron chi connectivity index (χ4n) is 2.14. The van der Waals surface area contributed by atoms with Crippen LogP contribution in [0.15, 0.2) is 17.0 Å². The van der Waals surface area contributed by atoms with Gasteiger partial charge in [0.05, 0.1) is 10.6 Å². The standard InChI is InChI=1S/C12H14Cl2N2O4S/c13-7-5-9(12(17)18)11(14)10(6-7)21(19,20)16-8-1-3-15-4-2-8/h5-6,8,15-16H,1-4H2,(H,17,18). The van der Waals surface area contributed by atoms with Crippen LogP contribution >= 0.6 is 23.2 Å². The summed E-state index contributed by atoms with van der Waals surface area (Å²) in [5.41, 5.74) is -0.338. The molecule has 1 fully saturated rings. The van der Waals surface area contributed by atoms with E-state index in [-0.39, 0.29) is 26.5 Å². The molecule has 1 aliphatic heterocycles. The van der Waals surface area contributed by atoms with E-state index in [9.17, 15) is 13.2 Å². The van der Waals surface area contributed by atoms with Crippen molar-refractivity contribution in [3.63, 3.8) is 0 Å². The van der Waals surface area contributed by atoms with E-state index in [2.05, 4.69) is 10.0 Å². The van der Waals surface area contributed by atoms with E-state index in [0.717, 1.165) is 25.2 Å². The maximum absolute atomic E-state index is 12.4. The van der Waals surface area contributed by atoms with Crippen LogP contribution in [-0.4, -0.2) is 38.6 Å². The van der Waals surface area contributed by atoms with Gasteiger partial charge in [-0.2, -0.15) is 0 Å². The molecule has 116 valence electrons. The number of sulfonamides is 1. The Morgan fingerprint density at radius 1 is 1.29 bits per heavy atom. The van der Waals surface area contributed by atoms with Gasteiger partial charge in [-0.15, -0.1) is 0 Å². The Morgan fingerprint density at radius 3 is 2.48 bits per heavy atom. The zero-order valence-electron chi connectivity index (χ0n) is 10.9. The summed E-state index contributed by atoms with van der Waals surface area (Å²) < 4.78 is 27.3. The Labute approximate surface area is 132 Å². The molecule has 0 amide bonds. The number of aromatic carboxylic acids is 1. The molecule has 9 heteroatoms. The van der Waals surface area contributed by atoms with Gasteiger partial charge in [0.15, 0.2) is 0 Å². The number of carboxylic acids is 1. The molecule has 0 unspecified atom stereocenters. The Kier molecular flexibility index (Phi) is 5.11. The second-order valence-electron chi connectivity index (χ2n) is 4.72. The van der Waals surface area contributed by atoms with Crippen LogP contribution in [-0.2, 0) is 10.0 Å². The molecule has 1 saturated heterocycles. The molecule has 0 aliphatic carbocycles. The summed E-state index contributed by atoms with van der Waals surface area (Å²) in [6.07, 6.45) is 1.31. The fraction of sp³-hybridized carbons (Fsp3) is 0.417. The van der Waals surface area contributed by atoms with E-state index in [4.69, 9.17) is 28.3 Å². The average Bonchev–Trinajstić information content (AvgIpc) is 2.41. The van der Waals surface area contributed by atoms with Crippen molar-refractivity contribution in [1.29, 1.82) is 0 Å². The zero-order valence-corrected chi connectivity index (χ0v) is 13.2. The molecule has 0 atom stereocenters. The van der Waals surface area contributed by atoms with Crippen molar-refractivity contribution in [2.24, 2.45) is 0 Å². The van der Waals surface area contributed by atoms with Gasteiger partial charge in [-0.1, -0.05) is 23.2 Å². The second-order valence-corrected chi connectivity index (χ2v) is 7.21. The summed E-state index contributed by atoms with van der Waals surface area (Å²) in [7, 11) is -3.93. The van der Waals surface area contributed by atoms with Gasteiger partial charge in [-0.25, -0.2) is 17.9 Å². The maximum atomic E-state index is 12.4. The number of piperidine rings is 1. The summed E-state index contributed by atoms with van der Waals surface area (Å²) in [6.45, 7) is 1.44. The summed E-state index contributed by atoms with van der Waals surface area (Å²) in [5, 5.41) is 11.8. The quantitative estimate of drug-likeness (QED) is 0.766. The van der Waals surface area contributed by atoms with Crippen LogP contribution in [0.1, 0.15) is 23.2 Å². The van der Waals surface area contributed by atoms with Gasteiger partial charge in [0.2, 0.25) is 10.0 Å². The van der Waals surface area contributed by atoms with Crippen molar-refractivity contribution in [2.75, 3.05) is 13.1 Å². The summed E-state index contributed by atoms with van der Waals surface area (Å²) >= 11 is 11.7. The van der Waals surface area contributed by atoms with Crippen molar-refractivity contribution in [1.82, 2.24) is 10.0 Å². The summed E-state index contributed by atoms with van der Waals surface area (Å²) in [6, 6.07) is 2.06. The summed E-state index contributed by atoms with van der Waals surface area (Å²) in [4.78, 5) is 10.8. The van der Waals surface area contributed by atoms with Crippen LogP contribution in [0.25, 0.3) is 0 Å². The molecule has 1 aliphatic rings. The minimum Gasteiger partial charge on any atom is -0.478 e. The number of carbonyl (C=O) groups is 1. The van der Waals surface area contributed by atoms with Gasteiger partial charge in [0.25, 0.3) is 0 Å². The Bertz CT molecular complexity index is 657. The summed E-state index contributed by atoms with van der Waals surface area (Å²) in [5.74, 6) is -1.33. The lowest BCUT2D eigenvalue weighted by Crippen LogP contribution is -2.42. The number of nitrogens with one attached hydrogen (secondary N) is 2. The number of rotatable bonds is 4. The van der Waals surface area contributed by atoms with E-state index >= 15 is 0 Å². The van der Waals surface area contributed by atoms with E-state index in [1.54, 1.807) is 0 Å². The lowest BCUT2D eigenvalue weighted by Gasteiger charge is -2.23. The third-order valence-electron chi connectivity index (χ3n) is 3.18. The number of carboxylic acid groups (broad SMARTS) is 1. The highest BCUT2D eigenvalue weighted by molar-refractivity contribution is 7.89. The molecule has 1 aromatic carbocycles. The van der Waals surface area contributed by atoms with Gasteiger partial charge in [-0.05, 0) is 38.1 Å². The van der Waals surface area contributed by atoms with E-state index in [1.807, 2.05) is 0 Å². The highest BCUT2D eigenvalue weighted by atomic mass is 35.5. The number of hydrogen-bond donors (Lipinski definition) is 3. The number of hydrogen-bond acceptors (Lipinski definition) is 4. The molecule has 1 aromatic rings. The molecule has 0 saturated carbocycles. The van der Waals surface area contributed by atoms with Gasteiger partial charge >= 0.3 is 5.97 Å². The highest BCUT2D eigenvalue weighted by Gasteiger charge is 2.26. The molecule has 6 nitrogen and oxygen atoms in total. The SMILES string of the molecule is O=C(O)c1cc(Cl)cc(S(=O)(=O)NC2CCNCC2)c1Cl. The van der Waals surface area contributed by atoms with Crippen molar-refractivity contribution in [2.45, 2.75) is 23.8 Å². The minimum absolute atomic E-state index is 0.00230. The zero-order chi connectivity index (χ0) is 15.6. The third-order valence-corrected chi connectivity index (χ3v) is 5.47. The van der Waals surface area contributed by atoms with E-state index in [1.165, 1.54) is 0 Å². The van der Waals surface area contributed by atoms with Crippen molar-refractivity contribution in [3.8, 4) is 0 Å². The first-order valence-corrected chi connectivity index (χ1v) is 8.50. The highest BCUT2D eigenvalue weighted by Crippen LogP contribution is 2.29. The molecule has 3 N–H and O–H groups in total. The van der Waals surface area contributed by atoms with E-state index < -0.39 is 16.0 Å². The first-order chi connectivity index (χ1) is 9.81. The molecule has 2 rings (SSSR count). The van der Waals surface area contributed by atoms with Crippen molar-refractivity contribution >= 4 is 39.2 Å². The van der Waals surface area contributed by atoms with E-state index in [0.29, 0.717) is 12.8 Å². The van der Waals surface area contributed by atoms with Crippen LogP contribution in [0.5, 0.6) is 0 Å². The van der Waals surface area contributed by atoms with Crippen LogP contribution < -0.4 is 10.0 Å².